The molecule has 222 valence electrons. The maximum atomic E-state index is 15.0. The molecular formula is C33H44NO6P. The number of rotatable bonds is 13. The van der Waals surface area contributed by atoms with Gasteiger partial charge < -0.3 is 19.3 Å². The predicted octanol–water partition coefficient (Wildman–Crippen LogP) is 7.33. The van der Waals surface area contributed by atoms with Crippen molar-refractivity contribution in [3.63, 3.8) is 0 Å². The van der Waals surface area contributed by atoms with Gasteiger partial charge in [0, 0.05) is 6.16 Å². The number of benzene rings is 2. The Labute approximate surface area is 244 Å². The Morgan fingerprint density at radius 3 is 2.02 bits per heavy atom. The highest BCUT2D eigenvalue weighted by Gasteiger charge is 2.55. The molecule has 3 atom stereocenters. The summed E-state index contributed by atoms with van der Waals surface area (Å²) in [6, 6.07) is 19.4. The fourth-order valence-corrected chi connectivity index (χ4v) is 10.3. The van der Waals surface area contributed by atoms with Gasteiger partial charge in [0.25, 0.3) is 0 Å². The van der Waals surface area contributed by atoms with Crippen molar-refractivity contribution in [3.05, 3.63) is 71.8 Å². The van der Waals surface area contributed by atoms with E-state index < -0.39 is 30.8 Å². The fourth-order valence-electron chi connectivity index (χ4n) is 7.62. The molecule has 1 N–H and O–H groups in total. The van der Waals surface area contributed by atoms with Crippen LogP contribution in [0.25, 0.3) is 0 Å². The summed E-state index contributed by atoms with van der Waals surface area (Å²) in [5.74, 6) is 0.0248. The molecule has 4 fully saturated rings. The summed E-state index contributed by atoms with van der Waals surface area (Å²) in [6.07, 6.45) is 6.93. The lowest BCUT2D eigenvalue weighted by Crippen LogP contribution is -2.52. The van der Waals surface area contributed by atoms with Gasteiger partial charge >= 0.3 is 12.1 Å². The molecule has 41 heavy (non-hydrogen) atoms. The molecule has 0 aromatic heterocycles. The summed E-state index contributed by atoms with van der Waals surface area (Å²) < 4.78 is 32.8. The van der Waals surface area contributed by atoms with Crippen molar-refractivity contribution in [2.45, 2.75) is 83.2 Å². The molecule has 0 radical (unpaired) electrons. The molecule has 0 aliphatic heterocycles. The van der Waals surface area contributed by atoms with Crippen LogP contribution in [0.3, 0.4) is 0 Å². The lowest BCUT2D eigenvalue weighted by atomic mass is 9.54. The molecule has 1 amide bonds. The Morgan fingerprint density at radius 1 is 0.902 bits per heavy atom. The van der Waals surface area contributed by atoms with Crippen molar-refractivity contribution in [1.29, 1.82) is 0 Å². The number of carbonyl (C=O) groups is 2. The summed E-state index contributed by atoms with van der Waals surface area (Å²) >= 11 is 0. The van der Waals surface area contributed by atoms with Crippen molar-refractivity contribution in [1.82, 2.24) is 5.32 Å². The van der Waals surface area contributed by atoms with Gasteiger partial charge in [-0.25, -0.2) is 4.79 Å². The van der Waals surface area contributed by atoms with E-state index in [4.69, 9.17) is 14.0 Å². The standard InChI is InChI=1S/C33H44NO6P/c1-3-38-31(35)30(15-14-25-10-6-4-7-11-25)23-41(37,24(2)34-32(36)39-22-26-12-8-5-9-13-26)40-33-19-27-16-28(20-33)18-29(17-27)21-33/h4-13,24,27-30H,3,14-23H2,1-2H3,(H,34,36). The van der Waals surface area contributed by atoms with E-state index in [9.17, 15) is 9.59 Å². The van der Waals surface area contributed by atoms with Crippen LogP contribution < -0.4 is 5.32 Å². The number of hydrogen-bond acceptors (Lipinski definition) is 6. The first-order valence-corrected chi connectivity index (χ1v) is 17.1. The Morgan fingerprint density at radius 2 is 1.46 bits per heavy atom. The summed E-state index contributed by atoms with van der Waals surface area (Å²) in [5.41, 5.74) is 1.52. The largest absolute Gasteiger partial charge is 0.466 e. The van der Waals surface area contributed by atoms with E-state index in [-0.39, 0.29) is 25.3 Å². The van der Waals surface area contributed by atoms with Gasteiger partial charge in [0.15, 0.2) is 0 Å². The Kier molecular flexibility index (Phi) is 9.56. The second-order valence-corrected chi connectivity index (χ2v) is 15.2. The molecule has 3 unspecified atom stereocenters. The molecule has 4 aliphatic carbocycles. The van der Waals surface area contributed by atoms with Crippen LogP contribution >= 0.6 is 7.37 Å². The molecule has 7 nitrogen and oxygen atoms in total. The van der Waals surface area contributed by atoms with Gasteiger partial charge in [-0.15, -0.1) is 0 Å². The van der Waals surface area contributed by atoms with Crippen LogP contribution in [-0.2, 0) is 36.4 Å². The van der Waals surface area contributed by atoms with Gasteiger partial charge in [-0.1, -0.05) is 60.7 Å². The smallest absolute Gasteiger partial charge is 0.408 e. The van der Waals surface area contributed by atoms with Gasteiger partial charge in [-0.2, -0.15) is 0 Å². The molecule has 6 rings (SSSR count). The number of hydrogen-bond donors (Lipinski definition) is 1. The molecule has 4 bridgehead atoms. The Balaban J connectivity index is 1.35. The third-order valence-corrected chi connectivity index (χ3v) is 12.1. The average molecular weight is 582 g/mol. The zero-order valence-electron chi connectivity index (χ0n) is 24.3. The van der Waals surface area contributed by atoms with Crippen molar-refractivity contribution in [2.75, 3.05) is 12.8 Å². The first-order valence-electron chi connectivity index (χ1n) is 15.2. The summed E-state index contributed by atoms with van der Waals surface area (Å²) in [7, 11) is -3.58. The number of aryl methyl sites for hydroxylation is 1. The zero-order valence-corrected chi connectivity index (χ0v) is 25.2. The fraction of sp³-hybridized carbons (Fsp3) is 0.576. The summed E-state index contributed by atoms with van der Waals surface area (Å²) in [5, 5.41) is 2.82. The van der Waals surface area contributed by atoms with E-state index in [0.29, 0.717) is 30.6 Å². The van der Waals surface area contributed by atoms with Crippen molar-refractivity contribution in [2.24, 2.45) is 23.7 Å². The van der Waals surface area contributed by atoms with Crippen LogP contribution in [0.4, 0.5) is 4.79 Å². The van der Waals surface area contributed by atoms with Gasteiger partial charge in [-0.3, -0.25) is 9.36 Å². The number of nitrogens with one attached hydrogen (secondary N) is 1. The van der Waals surface area contributed by atoms with Crippen LogP contribution in [0, 0.1) is 23.7 Å². The number of ether oxygens (including phenoxy) is 2. The minimum absolute atomic E-state index is 0.0283. The van der Waals surface area contributed by atoms with Crippen molar-refractivity contribution in [3.8, 4) is 0 Å². The number of alkyl carbamates (subject to hydrolysis) is 1. The van der Waals surface area contributed by atoms with Gasteiger partial charge in [-0.05, 0) is 94.1 Å². The molecule has 2 aromatic rings. The monoisotopic (exact) mass is 581 g/mol. The van der Waals surface area contributed by atoms with E-state index >= 15 is 4.57 Å². The highest BCUT2D eigenvalue weighted by atomic mass is 31.2. The quantitative estimate of drug-likeness (QED) is 0.197. The van der Waals surface area contributed by atoms with Crippen LogP contribution in [0.15, 0.2) is 60.7 Å². The molecule has 4 aliphatic rings. The maximum absolute atomic E-state index is 15.0. The van der Waals surface area contributed by atoms with Gasteiger partial charge in [0.05, 0.1) is 18.1 Å². The number of esters is 1. The van der Waals surface area contributed by atoms with Gasteiger partial charge in [0.1, 0.15) is 12.4 Å². The lowest BCUT2D eigenvalue weighted by molar-refractivity contribution is -0.147. The van der Waals surface area contributed by atoms with Crippen LogP contribution in [0.1, 0.15) is 69.9 Å². The number of amides is 1. The van der Waals surface area contributed by atoms with Crippen LogP contribution in [-0.4, -0.2) is 36.2 Å². The minimum atomic E-state index is -3.58. The minimum Gasteiger partial charge on any atom is -0.466 e. The maximum Gasteiger partial charge on any atom is 0.408 e. The molecule has 0 heterocycles. The van der Waals surface area contributed by atoms with E-state index in [2.05, 4.69) is 5.32 Å². The molecule has 4 saturated carbocycles. The highest BCUT2D eigenvalue weighted by molar-refractivity contribution is 7.59. The highest BCUT2D eigenvalue weighted by Crippen LogP contribution is 2.64. The molecule has 0 spiro atoms. The van der Waals surface area contributed by atoms with E-state index in [1.54, 1.807) is 13.8 Å². The third-order valence-electron chi connectivity index (χ3n) is 9.18. The molecule has 2 aromatic carbocycles. The second-order valence-electron chi connectivity index (χ2n) is 12.5. The van der Waals surface area contributed by atoms with Gasteiger partial charge in [0.2, 0.25) is 7.37 Å². The van der Waals surface area contributed by atoms with Crippen LogP contribution in [0.5, 0.6) is 0 Å². The summed E-state index contributed by atoms with van der Waals surface area (Å²) in [6.45, 7) is 3.87. The summed E-state index contributed by atoms with van der Waals surface area (Å²) in [4.78, 5) is 26.1. The van der Waals surface area contributed by atoms with Crippen LogP contribution in [0.2, 0.25) is 0 Å². The number of carbonyl (C=O) groups excluding carboxylic acids is 2. The van der Waals surface area contributed by atoms with E-state index in [1.165, 1.54) is 19.3 Å². The topological polar surface area (TPSA) is 90.9 Å². The zero-order chi connectivity index (χ0) is 28.9. The van der Waals surface area contributed by atoms with Crippen molar-refractivity contribution >= 4 is 19.4 Å². The first-order chi connectivity index (χ1) is 19.8. The van der Waals surface area contributed by atoms with E-state index in [1.807, 2.05) is 60.7 Å². The lowest BCUT2D eigenvalue weighted by Gasteiger charge is -2.57. The second kappa shape index (κ2) is 13.1. The Hall–Kier alpha value is -2.63. The SMILES string of the molecule is CCOC(=O)C(CCc1ccccc1)CP(=O)(OC12CC3CC(CC(C3)C1)C2)C(C)NC(=O)OCc1ccccc1. The van der Waals surface area contributed by atoms with E-state index in [0.717, 1.165) is 30.4 Å². The van der Waals surface area contributed by atoms with Crippen molar-refractivity contribution < 1.29 is 28.2 Å². The molecular weight excluding hydrogens is 537 g/mol. The predicted molar refractivity (Wildman–Crippen MR) is 159 cm³/mol. The molecule has 8 heteroatoms. The first kappa shape index (κ1) is 29.8. The third kappa shape index (κ3) is 7.61. The molecule has 0 saturated heterocycles. The Bertz CT molecular complexity index is 1180. The average Bonchev–Trinajstić information content (AvgIpc) is 2.94. The normalized spacial score (nSPS) is 27.4.